The number of rotatable bonds is 6. The molecule has 1 amide bonds. The second-order valence-electron chi connectivity index (χ2n) is 10.3. The van der Waals surface area contributed by atoms with E-state index in [0.717, 1.165) is 62.8 Å². The topological polar surface area (TPSA) is 61.8 Å². The van der Waals surface area contributed by atoms with E-state index in [1.165, 1.54) is 24.3 Å². The lowest BCUT2D eigenvalue weighted by atomic mass is 9.93. The number of likely N-dealkylation sites (N-methyl/N-ethyl adjacent to an activating group) is 1. The summed E-state index contributed by atoms with van der Waals surface area (Å²) in [5.41, 5.74) is 2.13. The first-order chi connectivity index (χ1) is 18.4. The van der Waals surface area contributed by atoms with Crippen LogP contribution in [0.1, 0.15) is 30.0 Å². The fourth-order valence-corrected chi connectivity index (χ4v) is 5.65. The molecule has 0 spiro atoms. The predicted octanol–water partition coefficient (Wildman–Crippen LogP) is 5.39. The molecule has 2 aromatic carbocycles. The predicted molar refractivity (Wildman–Crippen MR) is 146 cm³/mol. The molecule has 7 nitrogen and oxygen atoms in total. The van der Waals surface area contributed by atoms with Gasteiger partial charge in [-0.1, -0.05) is 23.7 Å². The Labute approximate surface area is 228 Å². The Morgan fingerprint density at radius 2 is 1.79 bits per heavy atom. The molecule has 1 aromatic heterocycles. The SMILES string of the molecule is Cc1ccnc(N2CCC(CN3CC(c4ccc(Cl)cc4)C(N(C)C(=O)Oc4ccc(F)cc4)C3)CC2)n1. The number of aryl methyl sites for hydroxylation is 1. The smallest absolute Gasteiger partial charge is 0.410 e. The lowest BCUT2D eigenvalue weighted by Crippen LogP contribution is -2.43. The van der Waals surface area contributed by atoms with Crippen LogP contribution < -0.4 is 9.64 Å². The van der Waals surface area contributed by atoms with E-state index < -0.39 is 6.09 Å². The Morgan fingerprint density at radius 3 is 2.47 bits per heavy atom. The first kappa shape index (κ1) is 26.4. The summed E-state index contributed by atoms with van der Waals surface area (Å²) in [5, 5.41) is 0.688. The van der Waals surface area contributed by atoms with Crippen LogP contribution in [0.4, 0.5) is 15.1 Å². The van der Waals surface area contributed by atoms with Gasteiger partial charge >= 0.3 is 6.09 Å². The molecular weight excluding hydrogens is 505 g/mol. The van der Waals surface area contributed by atoms with Crippen molar-refractivity contribution in [2.75, 3.05) is 44.7 Å². The van der Waals surface area contributed by atoms with Crippen LogP contribution >= 0.6 is 11.6 Å². The van der Waals surface area contributed by atoms with E-state index in [4.69, 9.17) is 16.3 Å². The van der Waals surface area contributed by atoms with Gasteiger partial charge in [-0.3, -0.25) is 0 Å². The Hall–Kier alpha value is -3.23. The third-order valence-electron chi connectivity index (χ3n) is 7.66. The molecule has 5 rings (SSSR count). The first-order valence-corrected chi connectivity index (χ1v) is 13.5. The molecule has 0 bridgehead atoms. The highest BCUT2D eigenvalue weighted by molar-refractivity contribution is 6.30. The zero-order valence-electron chi connectivity index (χ0n) is 21.8. The number of halogens is 2. The molecule has 2 saturated heterocycles. The van der Waals surface area contributed by atoms with Gasteiger partial charge in [0, 0.05) is 62.6 Å². The summed E-state index contributed by atoms with van der Waals surface area (Å²) in [7, 11) is 1.78. The number of carbonyl (C=O) groups is 1. The zero-order chi connectivity index (χ0) is 26.6. The van der Waals surface area contributed by atoms with Crippen molar-refractivity contribution in [2.45, 2.75) is 31.7 Å². The van der Waals surface area contributed by atoms with Gasteiger partial charge in [0.1, 0.15) is 11.6 Å². The summed E-state index contributed by atoms with van der Waals surface area (Å²) in [5.74, 6) is 1.46. The van der Waals surface area contributed by atoms with Crippen LogP contribution in [0.3, 0.4) is 0 Å². The molecule has 2 atom stereocenters. The number of benzene rings is 2. The van der Waals surface area contributed by atoms with Gasteiger partial charge in [0.15, 0.2) is 0 Å². The van der Waals surface area contributed by atoms with E-state index in [-0.39, 0.29) is 17.8 Å². The van der Waals surface area contributed by atoms with Crippen LogP contribution in [0.15, 0.2) is 60.8 Å². The number of hydrogen-bond acceptors (Lipinski definition) is 6. The second-order valence-corrected chi connectivity index (χ2v) is 10.7. The summed E-state index contributed by atoms with van der Waals surface area (Å²) in [6.45, 7) is 6.45. The summed E-state index contributed by atoms with van der Waals surface area (Å²) < 4.78 is 18.8. The van der Waals surface area contributed by atoms with Crippen molar-refractivity contribution in [3.8, 4) is 5.75 Å². The Kier molecular flexibility index (Phi) is 8.09. The number of piperidine rings is 1. The molecule has 38 heavy (non-hydrogen) atoms. The maximum absolute atomic E-state index is 13.3. The number of likely N-dealkylation sites (tertiary alicyclic amines) is 1. The van der Waals surface area contributed by atoms with Crippen LogP contribution in [0, 0.1) is 18.7 Å². The molecular formula is C29H33ClFN5O2. The molecule has 0 radical (unpaired) electrons. The van der Waals surface area contributed by atoms with Gasteiger partial charge in [0.2, 0.25) is 5.95 Å². The number of aromatic nitrogens is 2. The summed E-state index contributed by atoms with van der Waals surface area (Å²) in [6.07, 6.45) is 3.52. The lowest BCUT2D eigenvalue weighted by Gasteiger charge is -2.34. The van der Waals surface area contributed by atoms with Crippen molar-refractivity contribution in [1.29, 1.82) is 0 Å². The van der Waals surface area contributed by atoms with Crippen LogP contribution in [-0.2, 0) is 0 Å². The number of ether oxygens (including phenoxy) is 1. The van der Waals surface area contributed by atoms with E-state index in [9.17, 15) is 9.18 Å². The molecule has 0 N–H and O–H groups in total. The van der Waals surface area contributed by atoms with Gasteiger partial charge in [-0.05, 0) is 73.7 Å². The minimum atomic E-state index is -0.450. The Bertz CT molecular complexity index is 1230. The van der Waals surface area contributed by atoms with E-state index >= 15 is 0 Å². The molecule has 2 aliphatic rings. The van der Waals surface area contributed by atoms with Gasteiger partial charge in [0.05, 0.1) is 6.04 Å². The molecule has 3 aromatic rings. The highest BCUT2D eigenvalue weighted by atomic mass is 35.5. The maximum atomic E-state index is 13.3. The lowest BCUT2D eigenvalue weighted by molar-refractivity contribution is 0.141. The molecule has 0 saturated carbocycles. The number of nitrogens with zero attached hydrogens (tertiary/aromatic N) is 5. The number of anilines is 1. The quantitative estimate of drug-likeness (QED) is 0.420. The van der Waals surface area contributed by atoms with Crippen LogP contribution in [-0.4, -0.2) is 71.7 Å². The van der Waals surface area contributed by atoms with Gasteiger partial charge in [0.25, 0.3) is 0 Å². The average Bonchev–Trinajstić information content (AvgIpc) is 3.34. The van der Waals surface area contributed by atoms with Gasteiger partial charge < -0.3 is 19.4 Å². The van der Waals surface area contributed by atoms with Crippen LogP contribution in [0.2, 0.25) is 5.02 Å². The van der Waals surface area contributed by atoms with E-state index in [2.05, 4.69) is 19.8 Å². The first-order valence-electron chi connectivity index (χ1n) is 13.1. The average molecular weight is 538 g/mol. The van der Waals surface area contributed by atoms with E-state index in [1.54, 1.807) is 11.9 Å². The van der Waals surface area contributed by atoms with Crippen molar-refractivity contribution in [1.82, 2.24) is 19.8 Å². The van der Waals surface area contributed by atoms with Crippen LogP contribution in [0.5, 0.6) is 5.75 Å². The fraction of sp³-hybridized carbons (Fsp3) is 0.414. The molecule has 0 aliphatic carbocycles. The normalized spacial score (nSPS) is 20.5. The fourth-order valence-electron chi connectivity index (χ4n) is 5.52. The summed E-state index contributed by atoms with van der Waals surface area (Å²) >= 11 is 6.16. The monoisotopic (exact) mass is 537 g/mol. The summed E-state index contributed by atoms with van der Waals surface area (Å²) in [4.78, 5) is 28.5. The van der Waals surface area contributed by atoms with Crippen molar-refractivity contribution >= 4 is 23.6 Å². The molecule has 9 heteroatoms. The maximum Gasteiger partial charge on any atom is 0.415 e. The van der Waals surface area contributed by atoms with E-state index in [0.29, 0.717) is 16.7 Å². The summed E-state index contributed by atoms with van der Waals surface area (Å²) in [6, 6.07) is 15.2. The van der Waals surface area contributed by atoms with E-state index in [1.807, 2.05) is 43.5 Å². The van der Waals surface area contributed by atoms with Gasteiger partial charge in [-0.15, -0.1) is 0 Å². The standard InChI is InChI=1S/C29H33ClFN5O2/c1-20-11-14-32-28(33-20)36-15-12-21(13-16-36)17-35-18-26(22-3-5-23(30)6-4-22)27(19-35)34(2)29(37)38-25-9-7-24(31)8-10-25/h3-11,14,21,26-27H,12-13,15-19H2,1-2H3. The minimum absolute atomic E-state index is 0.0649. The van der Waals surface area contributed by atoms with Gasteiger partial charge in [-0.2, -0.15) is 0 Å². The van der Waals surface area contributed by atoms with Gasteiger partial charge in [-0.25, -0.2) is 19.2 Å². The molecule has 2 aliphatic heterocycles. The zero-order valence-corrected chi connectivity index (χ0v) is 22.5. The highest BCUT2D eigenvalue weighted by Gasteiger charge is 2.39. The highest BCUT2D eigenvalue weighted by Crippen LogP contribution is 2.33. The van der Waals surface area contributed by atoms with Crippen molar-refractivity contribution in [3.05, 3.63) is 82.9 Å². The third-order valence-corrected chi connectivity index (χ3v) is 7.91. The second kappa shape index (κ2) is 11.7. The minimum Gasteiger partial charge on any atom is -0.410 e. The molecule has 2 fully saturated rings. The van der Waals surface area contributed by atoms with Crippen LogP contribution in [0.25, 0.3) is 0 Å². The number of hydrogen-bond donors (Lipinski definition) is 0. The molecule has 200 valence electrons. The number of amides is 1. The largest absolute Gasteiger partial charge is 0.415 e. The van der Waals surface area contributed by atoms with Crippen molar-refractivity contribution < 1.29 is 13.9 Å². The number of carbonyl (C=O) groups excluding carboxylic acids is 1. The Balaban J connectivity index is 1.24. The van der Waals surface area contributed by atoms with Crippen molar-refractivity contribution in [2.24, 2.45) is 5.92 Å². The molecule has 2 unspecified atom stereocenters. The molecule has 3 heterocycles. The Morgan fingerprint density at radius 1 is 1.08 bits per heavy atom. The van der Waals surface area contributed by atoms with Crippen molar-refractivity contribution in [3.63, 3.8) is 0 Å². The third kappa shape index (κ3) is 6.25.